The molecule has 0 aliphatic rings. The highest BCUT2D eigenvalue weighted by molar-refractivity contribution is 5.61. The van der Waals surface area contributed by atoms with Gasteiger partial charge in [-0.3, -0.25) is 0 Å². The molecule has 2 rings (SSSR count). The average Bonchev–Trinajstić information content (AvgIpc) is 2.39. The molecule has 0 saturated heterocycles. The number of hydrogen-bond donors (Lipinski definition) is 1. The topological polar surface area (TPSA) is 65.9 Å². The Balaban J connectivity index is 2.33. The van der Waals surface area contributed by atoms with Crippen LogP contribution in [0, 0.1) is 11.3 Å². The molecule has 0 unspecified atom stereocenters. The van der Waals surface area contributed by atoms with Gasteiger partial charge in [0, 0.05) is 12.7 Å². The first-order chi connectivity index (χ1) is 8.20. The summed E-state index contributed by atoms with van der Waals surface area (Å²) < 4.78 is 0. The second-order valence-electron chi connectivity index (χ2n) is 3.67. The minimum absolute atomic E-state index is 0.629. The molecule has 1 heterocycles. The van der Waals surface area contributed by atoms with Crippen LogP contribution in [0.3, 0.4) is 0 Å². The summed E-state index contributed by atoms with van der Waals surface area (Å²) in [5, 5.41) is 8.85. The molecular weight excluding hydrogens is 212 g/mol. The third-order valence-corrected chi connectivity index (χ3v) is 2.48. The monoisotopic (exact) mass is 224 g/mol. The first kappa shape index (κ1) is 11.0. The van der Waals surface area contributed by atoms with Gasteiger partial charge in [0.1, 0.15) is 5.82 Å². The van der Waals surface area contributed by atoms with E-state index in [0.717, 1.165) is 11.5 Å². The van der Waals surface area contributed by atoms with Crippen molar-refractivity contribution in [3.8, 4) is 6.07 Å². The van der Waals surface area contributed by atoms with Gasteiger partial charge in [-0.2, -0.15) is 5.26 Å². The molecule has 0 spiro atoms. The number of pyridine rings is 1. The first-order valence-electron chi connectivity index (χ1n) is 5.16. The largest absolute Gasteiger partial charge is 0.397 e. The van der Waals surface area contributed by atoms with Crippen LogP contribution < -0.4 is 10.6 Å². The molecule has 0 amide bonds. The molecule has 1 aromatic heterocycles. The maximum absolute atomic E-state index is 8.85. The zero-order valence-electron chi connectivity index (χ0n) is 9.46. The summed E-state index contributed by atoms with van der Waals surface area (Å²) in [4.78, 5) is 6.13. The predicted molar refractivity (Wildman–Crippen MR) is 67.9 cm³/mol. The minimum Gasteiger partial charge on any atom is -0.397 e. The number of nitrogen functional groups attached to an aromatic ring is 1. The number of anilines is 3. The SMILES string of the molecule is CN(c1cccc(C#N)c1)c1ccc(N)cn1. The standard InChI is InChI=1S/C13H12N4/c1-17(13-6-5-11(15)9-16-13)12-4-2-3-10(7-12)8-14/h2-7,9H,15H2,1H3. The zero-order chi connectivity index (χ0) is 12.3. The number of nitriles is 1. The molecule has 1 aromatic carbocycles. The van der Waals surface area contributed by atoms with E-state index in [1.165, 1.54) is 0 Å². The molecule has 0 fully saturated rings. The molecule has 2 aromatic rings. The lowest BCUT2D eigenvalue weighted by Crippen LogP contribution is -2.11. The van der Waals surface area contributed by atoms with Crippen LogP contribution in [0.1, 0.15) is 5.56 Å². The van der Waals surface area contributed by atoms with Gasteiger partial charge in [0.15, 0.2) is 0 Å². The van der Waals surface area contributed by atoms with Crippen molar-refractivity contribution >= 4 is 17.2 Å². The van der Waals surface area contributed by atoms with Crippen molar-refractivity contribution in [1.82, 2.24) is 4.98 Å². The van der Waals surface area contributed by atoms with Crippen molar-refractivity contribution in [2.75, 3.05) is 17.7 Å². The predicted octanol–water partition coefficient (Wildman–Crippen LogP) is 2.30. The van der Waals surface area contributed by atoms with Gasteiger partial charge in [-0.15, -0.1) is 0 Å². The van der Waals surface area contributed by atoms with E-state index < -0.39 is 0 Å². The van der Waals surface area contributed by atoms with Gasteiger partial charge in [-0.25, -0.2) is 4.98 Å². The summed E-state index contributed by atoms with van der Waals surface area (Å²) in [6.07, 6.45) is 1.61. The summed E-state index contributed by atoms with van der Waals surface area (Å²) in [6.45, 7) is 0. The molecule has 0 aliphatic carbocycles. The molecule has 4 nitrogen and oxygen atoms in total. The lowest BCUT2D eigenvalue weighted by Gasteiger charge is -2.18. The van der Waals surface area contributed by atoms with Crippen molar-refractivity contribution in [3.63, 3.8) is 0 Å². The van der Waals surface area contributed by atoms with Gasteiger partial charge in [-0.05, 0) is 30.3 Å². The Morgan fingerprint density at radius 1 is 1.29 bits per heavy atom. The lowest BCUT2D eigenvalue weighted by atomic mass is 10.2. The van der Waals surface area contributed by atoms with Crippen LogP contribution >= 0.6 is 0 Å². The molecule has 0 aliphatic heterocycles. The van der Waals surface area contributed by atoms with Crippen molar-refractivity contribution in [1.29, 1.82) is 5.26 Å². The van der Waals surface area contributed by atoms with E-state index in [2.05, 4.69) is 11.1 Å². The Labute approximate surface area is 99.9 Å². The van der Waals surface area contributed by atoms with Crippen molar-refractivity contribution in [2.45, 2.75) is 0 Å². The Bertz CT molecular complexity index is 554. The third-order valence-electron chi connectivity index (χ3n) is 2.48. The number of rotatable bonds is 2. The van der Waals surface area contributed by atoms with Gasteiger partial charge in [0.25, 0.3) is 0 Å². The fraction of sp³-hybridized carbons (Fsp3) is 0.0769. The highest BCUT2D eigenvalue weighted by atomic mass is 15.2. The number of benzene rings is 1. The highest BCUT2D eigenvalue weighted by Crippen LogP contribution is 2.22. The van der Waals surface area contributed by atoms with E-state index in [1.807, 2.05) is 36.2 Å². The maximum Gasteiger partial charge on any atom is 0.132 e. The molecule has 4 heteroatoms. The Kier molecular flexibility index (Phi) is 2.93. The molecular formula is C13H12N4. The molecule has 0 bridgehead atoms. The van der Waals surface area contributed by atoms with Crippen LogP contribution in [0.5, 0.6) is 0 Å². The van der Waals surface area contributed by atoms with Gasteiger partial charge in [0.2, 0.25) is 0 Å². The van der Waals surface area contributed by atoms with Crippen molar-refractivity contribution in [2.24, 2.45) is 0 Å². The lowest BCUT2D eigenvalue weighted by molar-refractivity contribution is 1.13. The number of hydrogen-bond acceptors (Lipinski definition) is 4. The molecule has 2 N–H and O–H groups in total. The van der Waals surface area contributed by atoms with Crippen LogP contribution in [0.4, 0.5) is 17.2 Å². The number of aromatic nitrogens is 1. The van der Waals surface area contributed by atoms with Crippen molar-refractivity contribution in [3.05, 3.63) is 48.2 Å². The van der Waals surface area contributed by atoms with E-state index in [-0.39, 0.29) is 0 Å². The van der Waals surface area contributed by atoms with Crippen LogP contribution in [-0.4, -0.2) is 12.0 Å². The molecule has 0 atom stereocenters. The normalized spacial score (nSPS) is 9.65. The maximum atomic E-state index is 8.85. The summed E-state index contributed by atoms with van der Waals surface area (Å²) in [5.74, 6) is 0.786. The average molecular weight is 224 g/mol. The van der Waals surface area contributed by atoms with Crippen LogP contribution in [0.15, 0.2) is 42.6 Å². The van der Waals surface area contributed by atoms with Gasteiger partial charge >= 0.3 is 0 Å². The number of nitrogens with zero attached hydrogens (tertiary/aromatic N) is 3. The van der Waals surface area contributed by atoms with E-state index >= 15 is 0 Å². The summed E-state index contributed by atoms with van der Waals surface area (Å²) in [5.41, 5.74) is 7.77. The van der Waals surface area contributed by atoms with E-state index in [9.17, 15) is 0 Å². The fourth-order valence-corrected chi connectivity index (χ4v) is 1.51. The fourth-order valence-electron chi connectivity index (χ4n) is 1.51. The second kappa shape index (κ2) is 4.54. The Hall–Kier alpha value is -2.54. The number of nitrogens with two attached hydrogens (primary N) is 1. The smallest absolute Gasteiger partial charge is 0.132 e. The highest BCUT2D eigenvalue weighted by Gasteiger charge is 2.05. The van der Waals surface area contributed by atoms with Crippen LogP contribution in [0.2, 0.25) is 0 Å². The van der Waals surface area contributed by atoms with Crippen LogP contribution in [-0.2, 0) is 0 Å². The summed E-state index contributed by atoms with van der Waals surface area (Å²) in [7, 11) is 1.90. The van der Waals surface area contributed by atoms with Gasteiger partial charge < -0.3 is 10.6 Å². The van der Waals surface area contributed by atoms with Gasteiger partial charge in [0.05, 0.1) is 23.5 Å². The van der Waals surface area contributed by atoms with E-state index in [0.29, 0.717) is 11.3 Å². The van der Waals surface area contributed by atoms with E-state index in [4.69, 9.17) is 11.0 Å². The molecule has 0 saturated carbocycles. The summed E-state index contributed by atoms with van der Waals surface area (Å²) in [6, 6.07) is 13.1. The van der Waals surface area contributed by atoms with Crippen molar-refractivity contribution < 1.29 is 0 Å². The minimum atomic E-state index is 0.629. The quantitative estimate of drug-likeness (QED) is 0.850. The van der Waals surface area contributed by atoms with E-state index in [1.54, 1.807) is 18.3 Å². The van der Waals surface area contributed by atoms with Gasteiger partial charge in [-0.1, -0.05) is 6.07 Å². The Morgan fingerprint density at radius 3 is 2.76 bits per heavy atom. The molecule has 0 radical (unpaired) electrons. The molecule has 17 heavy (non-hydrogen) atoms. The Morgan fingerprint density at radius 2 is 2.12 bits per heavy atom. The first-order valence-corrected chi connectivity index (χ1v) is 5.16. The second-order valence-corrected chi connectivity index (χ2v) is 3.67. The van der Waals surface area contributed by atoms with Crippen LogP contribution in [0.25, 0.3) is 0 Å². The third kappa shape index (κ3) is 2.34. The zero-order valence-corrected chi connectivity index (χ0v) is 9.46. The molecule has 84 valence electrons. The summed E-state index contributed by atoms with van der Waals surface area (Å²) >= 11 is 0.